The number of nitrogens with two attached hydrogens (primary N) is 1. The molecule has 0 aliphatic rings. The summed E-state index contributed by atoms with van der Waals surface area (Å²) < 4.78 is 10.2. The van der Waals surface area contributed by atoms with Gasteiger partial charge in [-0.3, -0.25) is 9.59 Å². The average Bonchev–Trinajstić information content (AvgIpc) is 2.35. The van der Waals surface area contributed by atoms with Crippen LogP contribution in [0.4, 0.5) is 0 Å². The Labute approximate surface area is 104 Å². The van der Waals surface area contributed by atoms with E-state index in [-0.39, 0.29) is 6.42 Å². The number of aliphatic carboxylic acids is 1. The Morgan fingerprint density at radius 2 is 2.11 bits per heavy atom. The molecule has 6 heteroatoms. The maximum Gasteiger partial charge on any atom is 0.305 e. The number of ether oxygens (including phenoxy) is 2. The monoisotopic (exact) mass is 253 g/mol. The standard InChI is InChI=1S/C12H15NO5/c1-17-10-4-7(6-14)3-8(12(10)18-2)9(13)5-11(15)16/h3-4,6,9H,5,13H2,1-2H3,(H,15,16). The molecule has 6 nitrogen and oxygen atoms in total. The van der Waals surface area contributed by atoms with Gasteiger partial charge < -0.3 is 20.3 Å². The molecule has 0 spiro atoms. The van der Waals surface area contributed by atoms with Crippen molar-refractivity contribution in [3.63, 3.8) is 0 Å². The van der Waals surface area contributed by atoms with Gasteiger partial charge in [-0.25, -0.2) is 0 Å². The van der Waals surface area contributed by atoms with Crippen LogP contribution < -0.4 is 15.2 Å². The molecule has 1 atom stereocenters. The largest absolute Gasteiger partial charge is 0.493 e. The minimum Gasteiger partial charge on any atom is -0.493 e. The van der Waals surface area contributed by atoms with E-state index >= 15 is 0 Å². The molecule has 0 aliphatic heterocycles. The fourth-order valence-electron chi connectivity index (χ4n) is 1.66. The molecule has 0 fully saturated rings. The highest BCUT2D eigenvalue weighted by Crippen LogP contribution is 2.36. The van der Waals surface area contributed by atoms with Crippen LogP contribution >= 0.6 is 0 Å². The van der Waals surface area contributed by atoms with Gasteiger partial charge in [0.2, 0.25) is 0 Å². The van der Waals surface area contributed by atoms with Crippen molar-refractivity contribution in [3.05, 3.63) is 23.3 Å². The number of benzene rings is 1. The Hall–Kier alpha value is -2.08. The number of methoxy groups -OCH3 is 2. The third-order valence-electron chi connectivity index (χ3n) is 2.46. The first kappa shape index (κ1) is 14.0. The molecule has 0 radical (unpaired) electrons. The number of hydrogen-bond donors (Lipinski definition) is 2. The fraction of sp³-hybridized carbons (Fsp3) is 0.333. The van der Waals surface area contributed by atoms with Gasteiger partial charge in [-0.05, 0) is 12.1 Å². The Morgan fingerprint density at radius 3 is 2.56 bits per heavy atom. The topological polar surface area (TPSA) is 98.9 Å². The van der Waals surface area contributed by atoms with E-state index < -0.39 is 12.0 Å². The molecular weight excluding hydrogens is 238 g/mol. The van der Waals surface area contributed by atoms with Crippen LogP contribution in [-0.2, 0) is 4.79 Å². The van der Waals surface area contributed by atoms with E-state index in [1.165, 1.54) is 26.4 Å². The summed E-state index contributed by atoms with van der Waals surface area (Å²) in [6, 6.07) is 2.23. The second-order valence-corrected chi connectivity index (χ2v) is 3.67. The number of aldehydes is 1. The van der Waals surface area contributed by atoms with Crippen LogP contribution in [0.2, 0.25) is 0 Å². The molecule has 1 aromatic rings. The average molecular weight is 253 g/mol. The fourth-order valence-corrected chi connectivity index (χ4v) is 1.66. The number of carbonyl (C=O) groups excluding carboxylic acids is 1. The highest BCUT2D eigenvalue weighted by Gasteiger charge is 2.19. The van der Waals surface area contributed by atoms with Gasteiger partial charge in [-0.1, -0.05) is 0 Å². The van der Waals surface area contributed by atoms with Gasteiger partial charge in [-0.15, -0.1) is 0 Å². The van der Waals surface area contributed by atoms with Gasteiger partial charge in [0.1, 0.15) is 6.29 Å². The number of rotatable bonds is 6. The Bertz CT molecular complexity index is 458. The van der Waals surface area contributed by atoms with Crippen molar-refractivity contribution < 1.29 is 24.2 Å². The van der Waals surface area contributed by atoms with Crippen molar-refractivity contribution in [2.75, 3.05) is 14.2 Å². The SMILES string of the molecule is COc1cc(C=O)cc(C(N)CC(=O)O)c1OC. The van der Waals surface area contributed by atoms with Crippen molar-refractivity contribution >= 4 is 12.3 Å². The van der Waals surface area contributed by atoms with Crippen molar-refractivity contribution in [1.29, 1.82) is 0 Å². The molecule has 0 aliphatic carbocycles. The van der Waals surface area contributed by atoms with Crippen LogP contribution in [0.5, 0.6) is 11.5 Å². The molecule has 0 bridgehead atoms. The van der Waals surface area contributed by atoms with E-state index in [1.54, 1.807) is 0 Å². The first-order valence-corrected chi connectivity index (χ1v) is 5.22. The second kappa shape index (κ2) is 6.02. The quantitative estimate of drug-likeness (QED) is 0.733. The smallest absolute Gasteiger partial charge is 0.305 e. The third-order valence-corrected chi connectivity index (χ3v) is 2.46. The highest BCUT2D eigenvalue weighted by molar-refractivity contribution is 5.78. The van der Waals surface area contributed by atoms with Crippen LogP contribution in [0.15, 0.2) is 12.1 Å². The van der Waals surface area contributed by atoms with Crippen LogP contribution in [0, 0.1) is 0 Å². The molecule has 1 unspecified atom stereocenters. The normalized spacial score (nSPS) is 11.7. The summed E-state index contributed by atoms with van der Waals surface area (Å²) in [5, 5.41) is 8.74. The van der Waals surface area contributed by atoms with Crippen LogP contribution in [0.25, 0.3) is 0 Å². The number of carbonyl (C=O) groups is 2. The van der Waals surface area contributed by atoms with E-state index in [4.69, 9.17) is 20.3 Å². The van der Waals surface area contributed by atoms with Crippen molar-refractivity contribution in [1.82, 2.24) is 0 Å². The Balaban J connectivity index is 3.29. The summed E-state index contributed by atoms with van der Waals surface area (Å²) in [5.74, 6) is -0.338. The maximum absolute atomic E-state index is 10.8. The van der Waals surface area contributed by atoms with Gasteiger partial charge in [0.05, 0.1) is 20.6 Å². The van der Waals surface area contributed by atoms with Crippen molar-refractivity contribution in [2.24, 2.45) is 5.73 Å². The lowest BCUT2D eigenvalue weighted by Gasteiger charge is -2.17. The number of carboxylic acids is 1. The summed E-state index contributed by atoms with van der Waals surface area (Å²) in [4.78, 5) is 21.5. The lowest BCUT2D eigenvalue weighted by atomic mass is 10.0. The first-order chi connectivity index (χ1) is 8.53. The van der Waals surface area contributed by atoms with Crippen LogP contribution in [-0.4, -0.2) is 31.6 Å². The summed E-state index contributed by atoms with van der Waals surface area (Å²) in [6.45, 7) is 0. The van der Waals surface area contributed by atoms with Gasteiger partial charge in [0.25, 0.3) is 0 Å². The lowest BCUT2D eigenvalue weighted by molar-refractivity contribution is -0.137. The zero-order valence-electron chi connectivity index (χ0n) is 10.2. The Kier molecular flexibility index (Phi) is 4.67. The van der Waals surface area contributed by atoms with E-state index in [9.17, 15) is 9.59 Å². The Morgan fingerprint density at radius 1 is 1.44 bits per heavy atom. The maximum atomic E-state index is 10.8. The summed E-state index contributed by atoms with van der Waals surface area (Å²) in [5.41, 5.74) is 6.57. The molecule has 0 saturated carbocycles. The predicted molar refractivity (Wildman–Crippen MR) is 64.1 cm³/mol. The zero-order chi connectivity index (χ0) is 13.7. The summed E-state index contributed by atoms with van der Waals surface area (Å²) in [7, 11) is 2.86. The molecule has 3 N–H and O–H groups in total. The first-order valence-electron chi connectivity index (χ1n) is 5.22. The molecule has 0 amide bonds. The molecule has 98 valence electrons. The second-order valence-electron chi connectivity index (χ2n) is 3.67. The van der Waals surface area contributed by atoms with Gasteiger partial charge in [-0.2, -0.15) is 0 Å². The van der Waals surface area contributed by atoms with Crippen molar-refractivity contribution in [3.8, 4) is 11.5 Å². The third kappa shape index (κ3) is 2.98. The van der Waals surface area contributed by atoms with E-state index in [1.807, 2.05) is 0 Å². The van der Waals surface area contributed by atoms with Gasteiger partial charge in [0, 0.05) is 17.2 Å². The molecule has 18 heavy (non-hydrogen) atoms. The van der Waals surface area contributed by atoms with Crippen LogP contribution in [0.1, 0.15) is 28.4 Å². The van der Waals surface area contributed by atoms with Gasteiger partial charge in [0.15, 0.2) is 11.5 Å². The lowest BCUT2D eigenvalue weighted by Crippen LogP contribution is -2.16. The van der Waals surface area contributed by atoms with E-state index in [0.717, 1.165) is 0 Å². The van der Waals surface area contributed by atoms with Gasteiger partial charge >= 0.3 is 5.97 Å². The minimum absolute atomic E-state index is 0.262. The molecule has 0 heterocycles. The number of hydrogen-bond acceptors (Lipinski definition) is 5. The summed E-state index contributed by atoms with van der Waals surface area (Å²) >= 11 is 0. The number of carboxylic acid groups (broad SMARTS) is 1. The van der Waals surface area contributed by atoms with Crippen LogP contribution in [0.3, 0.4) is 0 Å². The molecule has 0 aromatic heterocycles. The molecule has 0 saturated heterocycles. The van der Waals surface area contributed by atoms with E-state index in [0.29, 0.717) is 28.9 Å². The molecule has 1 aromatic carbocycles. The zero-order valence-corrected chi connectivity index (χ0v) is 10.2. The minimum atomic E-state index is -1.03. The summed E-state index contributed by atoms with van der Waals surface area (Å²) in [6.07, 6.45) is 0.376. The highest BCUT2D eigenvalue weighted by atomic mass is 16.5. The molecule has 1 rings (SSSR count). The molecular formula is C12H15NO5. The van der Waals surface area contributed by atoms with E-state index in [2.05, 4.69) is 0 Å². The van der Waals surface area contributed by atoms with Crippen molar-refractivity contribution in [2.45, 2.75) is 12.5 Å². The predicted octanol–water partition coefficient (Wildman–Crippen LogP) is 0.991.